The lowest BCUT2D eigenvalue weighted by Gasteiger charge is -2.01. The third kappa shape index (κ3) is 1.76. The highest BCUT2D eigenvalue weighted by Crippen LogP contribution is 2.28. The Kier molecular flexibility index (Phi) is 2.74. The van der Waals surface area contributed by atoms with Crippen molar-refractivity contribution in [1.29, 1.82) is 5.26 Å². The molecule has 0 N–H and O–H groups in total. The minimum absolute atomic E-state index is 0.221. The van der Waals surface area contributed by atoms with Crippen LogP contribution in [0.2, 0.25) is 5.02 Å². The van der Waals surface area contributed by atoms with E-state index >= 15 is 0 Å². The van der Waals surface area contributed by atoms with Crippen LogP contribution in [-0.2, 0) is 6.54 Å². The van der Waals surface area contributed by atoms with E-state index in [0.717, 1.165) is 10.7 Å². The molecule has 18 heavy (non-hydrogen) atoms. The molecule has 0 saturated heterocycles. The molecule has 0 unspecified atom stereocenters. The minimum atomic E-state index is 0.221. The largest absolute Gasteiger partial charge is 0.294 e. The Hall–Kier alpha value is -1.90. The average molecular weight is 275 g/mol. The molecule has 0 radical (unpaired) electrons. The molecule has 0 aliphatic carbocycles. The van der Waals surface area contributed by atoms with Gasteiger partial charge in [-0.15, -0.1) is 11.3 Å². The minimum Gasteiger partial charge on any atom is -0.294 e. The highest BCUT2D eigenvalue weighted by molar-refractivity contribution is 7.13. The van der Waals surface area contributed by atoms with Gasteiger partial charge >= 0.3 is 0 Å². The SMILES string of the molecule is N#CCn1c(-c2cccs2)nc2cc(Cl)cnc21. The normalized spacial score (nSPS) is 10.7. The summed E-state index contributed by atoms with van der Waals surface area (Å²) in [7, 11) is 0. The molecule has 0 saturated carbocycles. The Morgan fingerprint density at radius 1 is 1.50 bits per heavy atom. The summed E-state index contributed by atoms with van der Waals surface area (Å²) in [5.41, 5.74) is 1.39. The Balaban J connectivity index is 2.31. The first-order chi connectivity index (χ1) is 8.79. The summed E-state index contributed by atoms with van der Waals surface area (Å²) in [6, 6.07) is 7.82. The van der Waals surface area contributed by atoms with Gasteiger partial charge in [-0.3, -0.25) is 4.57 Å². The fourth-order valence-electron chi connectivity index (χ4n) is 1.80. The molecule has 0 aliphatic rings. The van der Waals surface area contributed by atoms with Gasteiger partial charge in [-0.05, 0) is 17.5 Å². The molecule has 0 spiro atoms. The fourth-order valence-corrected chi connectivity index (χ4v) is 2.68. The van der Waals surface area contributed by atoms with Gasteiger partial charge in [-0.2, -0.15) is 5.26 Å². The molecule has 0 atom stereocenters. The summed E-state index contributed by atoms with van der Waals surface area (Å²) in [6.07, 6.45) is 1.57. The number of nitriles is 1. The van der Waals surface area contributed by atoms with Crippen LogP contribution in [0.25, 0.3) is 21.9 Å². The van der Waals surface area contributed by atoms with Gasteiger partial charge in [0.05, 0.1) is 16.0 Å². The van der Waals surface area contributed by atoms with Crippen LogP contribution in [0.4, 0.5) is 0 Å². The molecular weight excluding hydrogens is 268 g/mol. The van der Waals surface area contributed by atoms with Crippen LogP contribution in [-0.4, -0.2) is 14.5 Å². The predicted molar refractivity (Wildman–Crippen MR) is 71.5 cm³/mol. The number of thiophene rings is 1. The molecule has 3 aromatic rings. The molecule has 3 heterocycles. The zero-order valence-electron chi connectivity index (χ0n) is 9.17. The van der Waals surface area contributed by atoms with E-state index in [2.05, 4.69) is 16.0 Å². The monoisotopic (exact) mass is 274 g/mol. The van der Waals surface area contributed by atoms with Crippen LogP contribution in [0.15, 0.2) is 29.8 Å². The number of nitrogens with zero attached hydrogens (tertiary/aromatic N) is 4. The Morgan fingerprint density at radius 3 is 3.11 bits per heavy atom. The van der Waals surface area contributed by atoms with Crippen molar-refractivity contribution in [3.63, 3.8) is 0 Å². The van der Waals surface area contributed by atoms with Crippen molar-refractivity contribution >= 4 is 34.1 Å². The van der Waals surface area contributed by atoms with E-state index in [0.29, 0.717) is 16.2 Å². The molecular formula is C12H7ClN4S. The number of imidazole rings is 1. The second-order valence-electron chi connectivity index (χ2n) is 3.65. The summed E-state index contributed by atoms with van der Waals surface area (Å²) in [4.78, 5) is 9.78. The van der Waals surface area contributed by atoms with E-state index in [4.69, 9.17) is 16.9 Å². The van der Waals surface area contributed by atoms with Crippen molar-refractivity contribution in [2.45, 2.75) is 6.54 Å². The quantitative estimate of drug-likeness (QED) is 0.720. The van der Waals surface area contributed by atoms with Crippen LogP contribution in [0.1, 0.15) is 0 Å². The summed E-state index contributed by atoms with van der Waals surface area (Å²) in [6.45, 7) is 0.221. The Labute approximate surface area is 112 Å². The van der Waals surface area contributed by atoms with Crippen LogP contribution in [0.5, 0.6) is 0 Å². The molecule has 0 aliphatic heterocycles. The maximum absolute atomic E-state index is 8.93. The number of aromatic nitrogens is 3. The molecule has 0 bridgehead atoms. The van der Waals surface area contributed by atoms with Gasteiger partial charge in [0.25, 0.3) is 0 Å². The van der Waals surface area contributed by atoms with Gasteiger partial charge < -0.3 is 0 Å². The number of halogens is 1. The van der Waals surface area contributed by atoms with E-state index in [1.807, 2.05) is 17.5 Å². The predicted octanol–water partition coefficient (Wildman–Crippen LogP) is 3.34. The van der Waals surface area contributed by atoms with Crippen LogP contribution >= 0.6 is 22.9 Å². The van der Waals surface area contributed by atoms with Gasteiger partial charge in [-0.25, -0.2) is 9.97 Å². The second-order valence-corrected chi connectivity index (χ2v) is 5.04. The first kappa shape index (κ1) is 11.2. The zero-order valence-corrected chi connectivity index (χ0v) is 10.7. The number of fused-ring (bicyclic) bond motifs is 1. The van der Waals surface area contributed by atoms with Gasteiger partial charge in [-0.1, -0.05) is 17.7 Å². The second kappa shape index (κ2) is 4.41. The molecule has 6 heteroatoms. The summed E-state index contributed by atoms with van der Waals surface area (Å²) < 4.78 is 1.80. The lowest BCUT2D eigenvalue weighted by molar-refractivity contribution is 0.860. The van der Waals surface area contributed by atoms with E-state index in [1.165, 1.54) is 0 Å². The van der Waals surface area contributed by atoms with Crippen molar-refractivity contribution in [2.24, 2.45) is 0 Å². The highest BCUT2D eigenvalue weighted by Gasteiger charge is 2.14. The summed E-state index contributed by atoms with van der Waals surface area (Å²) in [5.74, 6) is 0.760. The highest BCUT2D eigenvalue weighted by atomic mass is 35.5. The molecule has 3 rings (SSSR count). The molecule has 88 valence electrons. The van der Waals surface area contributed by atoms with Gasteiger partial charge in [0, 0.05) is 6.20 Å². The van der Waals surface area contributed by atoms with Crippen molar-refractivity contribution in [2.75, 3.05) is 0 Å². The maximum Gasteiger partial charge on any atom is 0.161 e. The molecule has 0 amide bonds. The fraction of sp³-hybridized carbons (Fsp3) is 0.0833. The summed E-state index contributed by atoms with van der Waals surface area (Å²) >= 11 is 7.49. The standard InChI is InChI=1S/C12H7ClN4S/c13-8-6-9-11(15-7-8)17(4-3-14)12(16-9)10-2-1-5-18-10/h1-2,5-7H,4H2. The first-order valence-corrected chi connectivity index (χ1v) is 6.48. The molecule has 0 aromatic carbocycles. The molecule has 3 aromatic heterocycles. The summed E-state index contributed by atoms with van der Waals surface area (Å²) in [5, 5.41) is 11.4. The van der Waals surface area contributed by atoms with E-state index in [9.17, 15) is 0 Å². The molecule has 4 nitrogen and oxygen atoms in total. The lowest BCUT2D eigenvalue weighted by Crippen LogP contribution is -1.98. The van der Waals surface area contributed by atoms with Crippen LogP contribution in [0, 0.1) is 11.3 Å². The van der Waals surface area contributed by atoms with Crippen molar-refractivity contribution < 1.29 is 0 Å². The van der Waals surface area contributed by atoms with Crippen LogP contribution in [0.3, 0.4) is 0 Å². The van der Waals surface area contributed by atoms with E-state index in [1.54, 1.807) is 28.2 Å². The van der Waals surface area contributed by atoms with Crippen LogP contribution < -0.4 is 0 Å². The van der Waals surface area contributed by atoms with Crippen molar-refractivity contribution in [3.05, 3.63) is 34.8 Å². The number of hydrogen-bond donors (Lipinski definition) is 0. The van der Waals surface area contributed by atoms with Crippen molar-refractivity contribution in [3.8, 4) is 16.8 Å². The lowest BCUT2D eigenvalue weighted by atomic mass is 10.4. The smallest absolute Gasteiger partial charge is 0.161 e. The van der Waals surface area contributed by atoms with E-state index < -0.39 is 0 Å². The van der Waals surface area contributed by atoms with Crippen molar-refractivity contribution in [1.82, 2.24) is 14.5 Å². The van der Waals surface area contributed by atoms with Gasteiger partial charge in [0.2, 0.25) is 0 Å². The van der Waals surface area contributed by atoms with E-state index in [-0.39, 0.29) is 6.54 Å². The first-order valence-electron chi connectivity index (χ1n) is 5.22. The Morgan fingerprint density at radius 2 is 2.39 bits per heavy atom. The molecule has 0 fully saturated rings. The number of rotatable bonds is 2. The third-order valence-corrected chi connectivity index (χ3v) is 3.59. The van der Waals surface area contributed by atoms with Gasteiger partial charge in [0.15, 0.2) is 11.5 Å². The van der Waals surface area contributed by atoms with Gasteiger partial charge in [0.1, 0.15) is 12.1 Å². The topological polar surface area (TPSA) is 54.5 Å². The zero-order chi connectivity index (χ0) is 12.5. The third-order valence-electron chi connectivity index (χ3n) is 2.52. The number of pyridine rings is 1. The average Bonchev–Trinajstić information content (AvgIpc) is 2.97. The maximum atomic E-state index is 8.93. The Bertz CT molecular complexity index is 739. The number of hydrogen-bond acceptors (Lipinski definition) is 4.